The Kier molecular flexibility index (Phi) is 6.61. The van der Waals surface area contributed by atoms with E-state index in [-0.39, 0.29) is 11.8 Å². The van der Waals surface area contributed by atoms with E-state index in [9.17, 15) is 9.59 Å². The van der Waals surface area contributed by atoms with Crippen molar-refractivity contribution >= 4 is 34.8 Å². The molecule has 0 saturated heterocycles. The SMILES string of the molecule is CCOc1ccc(N2C(=O)C(SCc3ccccc3)=C(c3ccccc3OC)C2=O)cc1. The van der Waals surface area contributed by atoms with E-state index in [0.29, 0.717) is 45.6 Å². The number of thioether (sulfide) groups is 1. The summed E-state index contributed by atoms with van der Waals surface area (Å²) in [4.78, 5) is 28.7. The highest BCUT2D eigenvalue weighted by atomic mass is 32.2. The third-order valence-corrected chi connectivity index (χ3v) is 6.19. The third-order valence-electron chi connectivity index (χ3n) is 5.05. The number of nitrogens with zero attached hydrogens (tertiary/aromatic N) is 1. The Balaban J connectivity index is 1.74. The van der Waals surface area contributed by atoms with Crippen LogP contribution in [0, 0.1) is 0 Å². The van der Waals surface area contributed by atoms with Gasteiger partial charge in [-0.05, 0) is 42.8 Å². The van der Waals surface area contributed by atoms with E-state index >= 15 is 0 Å². The zero-order chi connectivity index (χ0) is 22.5. The van der Waals surface area contributed by atoms with Gasteiger partial charge < -0.3 is 9.47 Å². The molecular weight excluding hydrogens is 422 g/mol. The van der Waals surface area contributed by atoms with E-state index in [1.807, 2.05) is 55.5 Å². The number of hydrogen-bond acceptors (Lipinski definition) is 5. The van der Waals surface area contributed by atoms with Crippen molar-refractivity contribution in [2.75, 3.05) is 18.6 Å². The molecule has 0 radical (unpaired) electrons. The molecule has 0 fully saturated rings. The molecule has 3 aromatic rings. The van der Waals surface area contributed by atoms with Crippen LogP contribution in [-0.2, 0) is 15.3 Å². The Morgan fingerprint density at radius 2 is 1.53 bits per heavy atom. The lowest BCUT2D eigenvalue weighted by Crippen LogP contribution is -2.31. The van der Waals surface area contributed by atoms with E-state index in [1.54, 1.807) is 37.4 Å². The van der Waals surface area contributed by atoms with Crippen LogP contribution in [-0.4, -0.2) is 25.5 Å². The summed E-state index contributed by atoms with van der Waals surface area (Å²) in [5.41, 5.74) is 2.55. The average molecular weight is 446 g/mol. The van der Waals surface area contributed by atoms with Gasteiger partial charge >= 0.3 is 0 Å². The number of carbonyl (C=O) groups excluding carboxylic acids is 2. The summed E-state index contributed by atoms with van der Waals surface area (Å²) in [5, 5.41) is 0. The number of ether oxygens (including phenoxy) is 2. The highest BCUT2D eigenvalue weighted by Gasteiger charge is 2.41. The Hall–Kier alpha value is -3.51. The van der Waals surface area contributed by atoms with Gasteiger partial charge in [-0.1, -0.05) is 48.5 Å². The van der Waals surface area contributed by atoms with Crippen LogP contribution in [0.3, 0.4) is 0 Å². The molecular formula is C26H23NO4S. The molecule has 3 aromatic carbocycles. The van der Waals surface area contributed by atoms with E-state index in [1.165, 1.54) is 16.7 Å². The van der Waals surface area contributed by atoms with Crippen LogP contribution in [0.1, 0.15) is 18.1 Å². The molecule has 1 heterocycles. The van der Waals surface area contributed by atoms with Crippen molar-refractivity contribution < 1.29 is 19.1 Å². The minimum absolute atomic E-state index is 0.332. The number of benzene rings is 3. The second-order valence-electron chi connectivity index (χ2n) is 7.05. The van der Waals surface area contributed by atoms with Gasteiger partial charge in [-0.15, -0.1) is 11.8 Å². The lowest BCUT2D eigenvalue weighted by molar-refractivity contribution is -0.119. The van der Waals surface area contributed by atoms with Crippen LogP contribution in [0.2, 0.25) is 0 Å². The summed E-state index contributed by atoms with van der Waals surface area (Å²) in [6, 6.07) is 24.1. The molecule has 0 bridgehead atoms. The van der Waals surface area contributed by atoms with Crippen molar-refractivity contribution in [3.8, 4) is 11.5 Å². The summed E-state index contributed by atoms with van der Waals surface area (Å²) < 4.78 is 11.0. The number of anilines is 1. The van der Waals surface area contributed by atoms with E-state index < -0.39 is 0 Å². The lowest BCUT2D eigenvalue weighted by Gasteiger charge is -2.16. The monoisotopic (exact) mass is 445 g/mol. The van der Waals surface area contributed by atoms with Gasteiger partial charge in [-0.3, -0.25) is 9.59 Å². The minimum Gasteiger partial charge on any atom is -0.496 e. The van der Waals surface area contributed by atoms with E-state index in [4.69, 9.17) is 9.47 Å². The Bertz CT molecular complexity index is 1160. The number of hydrogen-bond donors (Lipinski definition) is 0. The van der Waals surface area contributed by atoms with Gasteiger partial charge in [0.1, 0.15) is 11.5 Å². The fraction of sp³-hybridized carbons (Fsp3) is 0.154. The summed E-state index contributed by atoms with van der Waals surface area (Å²) in [7, 11) is 1.56. The van der Waals surface area contributed by atoms with Crippen molar-refractivity contribution in [1.82, 2.24) is 0 Å². The van der Waals surface area contributed by atoms with Gasteiger partial charge in [-0.2, -0.15) is 0 Å². The highest BCUT2D eigenvalue weighted by Crippen LogP contribution is 2.42. The zero-order valence-corrected chi connectivity index (χ0v) is 18.7. The van der Waals surface area contributed by atoms with E-state index in [0.717, 1.165) is 5.56 Å². The minimum atomic E-state index is -0.362. The van der Waals surface area contributed by atoms with Gasteiger partial charge in [0.2, 0.25) is 0 Å². The second-order valence-corrected chi connectivity index (χ2v) is 8.04. The fourth-order valence-corrected chi connectivity index (χ4v) is 4.61. The van der Waals surface area contributed by atoms with Crippen molar-refractivity contribution in [1.29, 1.82) is 0 Å². The molecule has 0 N–H and O–H groups in total. The zero-order valence-electron chi connectivity index (χ0n) is 17.9. The maximum atomic E-state index is 13.6. The number of carbonyl (C=O) groups is 2. The summed E-state index contributed by atoms with van der Waals surface area (Å²) >= 11 is 1.37. The van der Waals surface area contributed by atoms with Crippen molar-refractivity contribution in [3.63, 3.8) is 0 Å². The van der Waals surface area contributed by atoms with Crippen LogP contribution in [0.15, 0.2) is 83.8 Å². The van der Waals surface area contributed by atoms with Gasteiger partial charge in [0.25, 0.3) is 11.8 Å². The predicted molar refractivity (Wildman–Crippen MR) is 128 cm³/mol. The van der Waals surface area contributed by atoms with Crippen LogP contribution >= 0.6 is 11.8 Å². The van der Waals surface area contributed by atoms with Crippen LogP contribution < -0.4 is 14.4 Å². The van der Waals surface area contributed by atoms with Gasteiger partial charge in [0.15, 0.2) is 0 Å². The van der Waals surface area contributed by atoms with Gasteiger partial charge in [-0.25, -0.2) is 4.90 Å². The quantitative estimate of drug-likeness (QED) is 0.440. The number of methoxy groups -OCH3 is 1. The first-order valence-electron chi connectivity index (χ1n) is 10.3. The topological polar surface area (TPSA) is 55.8 Å². The standard InChI is InChI=1S/C26H23NO4S/c1-3-31-20-15-13-19(14-16-20)27-25(28)23(21-11-7-8-12-22(21)30-2)24(26(27)29)32-17-18-9-5-4-6-10-18/h4-16H,3,17H2,1-2H3. The van der Waals surface area contributed by atoms with Gasteiger partial charge in [0.05, 0.1) is 29.9 Å². The molecule has 6 heteroatoms. The van der Waals surface area contributed by atoms with Gasteiger partial charge in [0, 0.05) is 11.3 Å². The summed E-state index contributed by atoms with van der Waals surface area (Å²) in [5.74, 6) is 1.12. The molecule has 162 valence electrons. The van der Waals surface area contributed by atoms with Crippen molar-refractivity contribution in [2.45, 2.75) is 12.7 Å². The molecule has 0 saturated carbocycles. The molecule has 0 aromatic heterocycles. The maximum Gasteiger partial charge on any atom is 0.272 e. The van der Waals surface area contributed by atoms with Crippen LogP contribution in [0.4, 0.5) is 5.69 Å². The highest BCUT2D eigenvalue weighted by molar-refractivity contribution is 8.03. The van der Waals surface area contributed by atoms with Crippen LogP contribution in [0.5, 0.6) is 11.5 Å². The Morgan fingerprint density at radius 3 is 2.22 bits per heavy atom. The Morgan fingerprint density at radius 1 is 0.844 bits per heavy atom. The largest absolute Gasteiger partial charge is 0.496 e. The summed E-state index contributed by atoms with van der Waals surface area (Å²) in [6.45, 7) is 2.45. The molecule has 0 aliphatic carbocycles. The first-order chi connectivity index (χ1) is 15.6. The molecule has 0 spiro atoms. The third kappa shape index (κ3) is 4.27. The first kappa shape index (κ1) is 21.7. The first-order valence-corrected chi connectivity index (χ1v) is 11.3. The molecule has 32 heavy (non-hydrogen) atoms. The predicted octanol–water partition coefficient (Wildman–Crippen LogP) is 5.31. The molecule has 1 aliphatic rings. The molecule has 1 aliphatic heterocycles. The number of rotatable bonds is 8. The van der Waals surface area contributed by atoms with Crippen molar-refractivity contribution in [2.24, 2.45) is 0 Å². The van der Waals surface area contributed by atoms with Crippen molar-refractivity contribution in [3.05, 3.63) is 94.9 Å². The smallest absolute Gasteiger partial charge is 0.272 e. The molecule has 5 nitrogen and oxygen atoms in total. The second kappa shape index (κ2) is 9.75. The van der Waals surface area contributed by atoms with Crippen LogP contribution in [0.25, 0.3) is 5.57 Å². The number of amides is 2. The molecule has 0 atom stereocenters. The molecule has 2 amide bonds. The Labute approximate surface area is 191 Å². The molecule has 0 unspecified atom stereocenters. The normalized spacial score (nSPS) is 13.6. The lowest BCUT2D eigenvalue weighted by atomic mass is 10.0. The molecule has 4 rings (SSSR count). The fourth-order valence-electron chi connectivity index (χ4n) is 3.55. The number of para-hydroxylation sites is 1. The van der Waals surface area contributed by atoms with E-state index in [2.05, 4.69) is 0 Å². The summed E-state index contributed by atoms with van der Waals surface area (Å²) in [6.07, 6.45) is 0. The maximum absolute atomic E-state index is 13.6. The number of imide groups is 1. The average Bonchev–Trinajstić information content (AvgIpc) is 3.08.